The number of piperazine rings is 1. The highest BCUT2D eigenvalue weighted by atomic mass is 16.2. The lowest BCUT2D eigenvalue weighted by Gasteiger charge is -2.37. The van der Waals surface area contributed by atoms with Crippen molar-refractivity contribution in [2.75, 3.05) is 39.3 Å². The SMILES string of the molecule is CC(=O)N1CCN(C(=O)C(C)N2CCCCCC2)CC1. The standard InChI is InChI=1S/C15H27N3O2/c1-13(16-7-5-3-4-6-8-16)15(20)18-11-9-17(10-12-18)14(2)19/h13H,3-12H2,1-2H3. The molecule has 2 amide bonds. The minimum Gasteiger partial charge on any atom is -0.339 e. The fourth-order valence-electron chi connectivity index (χ4n) is 3.14. The van der Waals surface area contributed by atoms with Crippen LogP contribution in [0.5, 0.6) is 0 Å². The van der Waals surface area contributed by atoms with E-state index >= 15 is 0 Å². The number of likely N-dealkylation sites (tertiary alicyclic amines) is 1. The van der Waals surface area contributed by atoms with Crippen LogP contribution in [-0.2, 0) is 9.59 Å². The van der Waals surface area contributed by atoms with Gasteiger partial charge in [-0.15, -0.1) is 0 Å². The molecule has 0 N–H and O–H groups in total. The molecule has 20 heavy (non-hydrogen) atoms. The number of carbonyl (C=O) groups is 2. The molecule has 2 rings (SSSR count). The molecule has 2 heterocycles. The van der Waals surface area contributed by atoms with Crippen molar-refractivity contribution in [2.45, 2.75) is 45.6 Å². The normalized spacial score (nSPS) is 23.3. The Morgan fingerprint density at radius 3 is 1.80 bits per heavy atom. The Morgan fingerprint density at radius 1 is 0.800 bits per heavy atom. The van der Waals surface area contributed by atoms with Crippen LogP contribution in [0, 0.1) is 0 Å². The fraction of sp³-hybridized carbons (Fsp3) is 0.867. The molecule has 0 saturated carbocycles. The minimum atomic E-state index is -0.0167. The van der Waals surface area contributed by atoms with Crippen LogP contribution in [0.2, 0.25) is 0 Å². The molecular weight excluding hydrogens is 254 g/mol. The van der Waals surface area contributed by atoms with Gasteiger partial charge in [0.15, 0.2) is 0 Å². The van der Waals surface area contributed by atoms with E-state index in [9.17, 15) is 9.59 Å². The lowest BCUT2D eigenvalue weighted by Crippen LogP contribution is -2.55. The fourth-order valence-corrected chi connectivity index (χ4v) is 3.14. The Bertz CT molecular complexity index is 343. The van der Waals surface area contributed by atoms with Crippen LogP contribution in [-0.4, -0.2) is 71.8 Å². The summed E-state index contributed by atoms with van der Waals surface area (Å²) >= 11 is 0. The van der Waals surface area contributed by atoms with Gasteiger partial charge in [0.1, 0.15) is 0 Å². The maximum Gasteiger partial charge on any atom is 0.239 e. The molecule has 2 fully saturated rings. The van der Waals surface area contributed by atoms with Gasteiger partial charge in [-0.25, -0.2) is 0 Å². The van der Waals surface area contributed by atoms with Crippen molar-refractivity contribution in [1.82, 2.24) is 14.7 Å². The summed E-state index contributed by atoms with van der Waals surface area (Å²) in [6.45, 7) is 8.41. The van der Waals surface area contributed by atoms with Crippen molar-refractivity contribution in [3.8, 4) is 0 Å². The van der Waals surface area contributed by atoms with E-state index in [4.69, 9.17) is 0 Å². The molecule has 5 heteroatoms. The van der Waals surface area contributed by atoms with E-state index in [1.807, 2.05) is 16.7 Å². The summed E-state index contributed by atoms with van der Waals surface area (Å²) in [6, 6.07) is -0.0167. The molecule has 0 radical (unpaired) electrons. The van der Waals surface area contributed by atoms with Gasteiger partial charge in [-0.3, -0.25) is 14.5 Å². The molecule has 0 spiro atoms. The molecule has 2 saturated heterocycles. The highest BCUT2D eigenvalue weighted by Gasteiger charge is 2.29. The summed E-state index contributed by atoms with van der Waals surface area (Å²) in [5.74, 6) is 0.341. The first-order valence-corrected chi connectivity index (χ1v) is 7.88. The van der Waals surface area contributed by atoms with Crippen molar-refractivity contribution in [3.05, 3.63) is 0 Å². The lowest BCUT2D eigenvalue weighted by molar-refractivity contribution is -0.142. The van der Waals surface area contributed by atoms with Crippen LogP contribution >= 0.6 is 0 Å². The highest BCUT2D eigenvalue weighted by Crippen LogP contribution is 2.14. The topological polar surface area (TPSA) is 43.9 Å². The molecule has 0 aliphatic carbocycles. The third-order valence-corrected chi connectivity index (χ3v) is 4.58. The van der Waals surface area contributed by atoms with Gasteiger partial charge >= 0.3 is 0 Å². The first kappa shape index (κ1) is 15.3. The Balaban J connectivity index is 1.85. The Morgan fingerprint density at radius 2 is 1.30 bits per heavy atom. The van der Waals surface area contributed by atoms with E-state index in [1.54, 1.807) is 6.92 Å². The van der Waals surface area contributed by atoms with Crippen molar-refractivity contribution >= 4 is 11.8 Å². The second-order valence-electron chi connectivity index (χ2n) is 5.96. The van der Waals surface area contributed by atoms with E-state index in [0.717, 1.165) is 13.1 Å². The zero-order chi connectivity index (χ0) is 14.5. The molecule has 2 aliphatic rings. The summed E-state index contributed by atoms with van der Waals surface area (Å²) in [6.07, 6.45) is 4.98. The van der Waals surface area contributed by atoms with Gasteiger partial charge in [0.25, 0.3) is 0 Å². The molecule has 114 valence electrons. The zero-order valence-electron chi connectivity index (χ0n) is 12.8. The molecule has 0 bridgehead atoms. The summed E-state index contributed by atoms with van der Waals surface area (Å²) < 4.78 is 0. The lowest BCUT2D eigenvalue weighted by atomic mass is 10.2. The molecule has 0 aromatic heterocycles. The molecular formula is C15H27N3O2. The van der Waals surface area contributed by atoms with E-state index < -0.39 is 0 Å². The Kier molecular flexibility index (Phi) is 5.40. The molecule has 1 unspecified atom stereocenters. The first-order valence-electron chi connectivity index (χ1n) is 7.88. The minimum absolute atomic E-state index is 0.0167. The molecule has 1 atom stereocenters. The van der Waals surface area contributed by atoms with Gasteiger partial charge in [0.05, 0.1) is 6.04 Å². The van der Waals surface area contributed by atoms with Crippen molar-refractivity contribution in [1.29, 1.82) is 0 Å². The van der Waals surface area contributed by atoms with Crippen LogP contribution in [0.1, 0.15) is 39.5 Å². The maximum atomic E-state index is 12.6. The number of nitrogens with zero attached hydrogens (tertiary/aromatic N) is 3. The molecule has 2 aliphatic heterocycles. The van der Waals surface area contributed by atoms with Gasteiger partial charge in [0.2, 0.25) is 11.8 Å². The molecule has 0 aromatic rings. The predicted octanol–water partition coefficient (Wildman–Crippen LogP) is 0.942. The van der Waals surface area contributed by atoms with Gasteiger partial charge in [-0.2, -0.15) is 0 Å². The van der Waals surface area contributed by atoms with Crippen LogP contribution in [0.15, 0.2) is 0 Å². The van der Waals surface area contributed by atoms with Crippen LogP contribution in [0.25, 0.3) is 0 Å². The second-order valence-corrected chi connectivity index (χ2v) is 5.96. The average molecular weight is 281 g/mol. The number of hydrogen-bond donors (Lipinski definition) is 0. The smallest absolute Gasteiger partial charge is 0.239 e. The quantitative estimate of drug-likeness (QED) is 0.757. The van der Waals surface area contributed by atoms with Crippen LogP contribution in [0.4, 0.5) is 0 Å². The van der Waals surface area contributed by atoms with Gasteiger partial charge in [0, 0.05) is 33.1 Å². The van der Waals surface area contributed by atoms with E-state index in [1.165, 1.54) is 25.7 Å². The van der Waals surface area contributed by atoms with Crippen molar-refractivity contribution in [2.24, 2.45) is 0 Å². The van der Waals surface area contributed by atoms with E-state index in [2.05, 4.69) is 4.90 Å². The van der Waals surface area contributed by atoms with E-state index in [0.29, 0.717) is 26.2 Å². The van der Waals surface area contributed by atoms with Gasteiger partial charge in [-0.05, 0) is 32.9 Å². The summed E-state index contributed by atoms with van der Waals surface area (Å²) in [5.41, 5.74) is 0. The monoisotopic (exact) mass is 281 g/mol. The third kappa shape index (κ3) is 3.72. The number of amides is 2. The maximum absolute atomic E-state index is 12.6. The largest absolute Gasteiger partial charge is 0.339 e. The van der Waals surface area contributed by atoms with Crippen molar-refractivity contribution in [3.63, 3.8) is 0 Å². The average Bonchev–Trinajstić information content (AvgIpc) is 2.75. The second kappa shape index (κ2) is 7.07. The predicted molar refractivity (Wildman–Crippen MR) is 78.3 cm³/mol. The first-order chi connectivity index (χ1) is 9.59. The zero-order valence-corrected chi connectivity index (χ0v) is 12.8. The summed E-state index contributed by atoms with van der Waals surface area (Å²) in [4.78, 5) is 29.9. The molecule has 5 nitrogen and oxygen atoms in total. The summed E-state index contributed by atoms with van der Waals surface area (Å²) in [7, 11) is 0. The molecule has 0 aromatic carbocycles. The number of rotatable bonds is 2. The number of hydrogen-bond acceptors (Lipinski definition) is 3. The third-order valence-electron chi connectivity index (χ3n) is 4.58. The highest BCUT2D eigenvalue weighted by molar-refractivity contribution is 5.82. The summed E-state index contributed by atoms with van der Waals surface area (Å²) in [5, 5.41) is 0. The Labute approximate surface area is 121 Å². The van der Waals surface area contributed by atoms with Crippen LogP contribution < -0.4 is 0 Å². The Hall–Kier alpha value is -1.10. The van der Waals surface area contributed by atoms with E-state index in [-0.39, 0.29) is 17.9 Å². The van der Waals surface area contributed by atoms with Crippen LogP contribution in [0.3, 0.4) is 0 Å². The van der Waals surface area contributed by atoms with Crippen molar-refractivity contribution < 1.29 is 9.59 Å². The van der Waals surface area contributed by atoms with Gasteiger partial charge in [-0.1, -0.05) is 12.8 Å². The number of carbonyl (C=O) groups excluding carboxylic acids is 2. The van der Waals surface area contributed by atoms with Gasteiger partial charge < -0.3 is 9.80 Å².